The van der Waals surface area contributed by atoms with Crippen molar-refractivity contribution in [3.63, 3.8) is 0 Å². The third-order valence-corrected chi connectivity index (χ3v) is 3.10. The van der Waals surface area contributed by atoms with E-state index < -0.39 is 5.54 Å². The van der Waals surface area contributed by atoms with E-state index in [-0.39, 0.29) is 11.2 Å². The molecular weight excluding hydrogens is 176 g/mol. The zero-order valence-electron chi connectivity index (χ0n) is 7.29. The van der Waals surface area contributed by atoms with Gasteiger partial charge in [0.25, 0.3) is 0 Å². The van der Waals surface area contributed by atoms with E-state index in [1.807, 2.05) is 0 Å². The fourth-order valence-corrected chi connectivity index (χ4v) is 1.87. The molecule has 0 saturated carbocycles. The Labute approximate surface area is 75.4 Å². The van der Waals surface area contributed by atoms with E-state index in [2.05, 4.69) is 10.5 Å². The third kappa shape index (κ3) is 1.55. The lowest BCUT2D eigenvalue weighted by Gasteiger charge is -2.33. The number of amides is 1. The van der Waals surface area contributed by atoms with Crippen LogP contribution in [-0.4, -0.2) is 26.9 Å². The Morgan fingerprint density at radius 1 is 1.67 bits per heavy atom. The second kappa shape index (κ2) is 2.97. The monoisotopic (exact) mass is 188 g/mol. The Balaban J connectivity index is 2.87. The average molecular weight is 188 g/mol. The van der Waals surface area contributed by atoms with Gasteiger partial charge >= 0.3 is 0 Å². The van der Waals surface area contributed by atoms with E-state index >= 15 is 0 Å². The largest absolute Gasteiger partial charge is 0.410 e. The second-order valence-corrected chi connectivity index (χ2v) is 4.61. The zero-order valence-corrected chi connectivity index (χ0v) is 8.10. The maximum atomic E-state index is 11.2. The van der Waals surface area contributed by atoms with Gasteiger partial charge in [0, 0.05) is 0 Å². The highest BCUT2D eigenvalue weighted by atomic mass is 32.2. The number of nitrogens with one attached hydrogen (secondary N) is 1. The molecule has 4 nitrogen and oxygen atoms in total. The van der Waals surface area contributed by atoms with Crippen LogP contribution in [0, 0.1) is 0 Å². The van der Waals surface area contributed by atoms with Crippen molar-refractivity contribution in [1.29, 1.82) is 0 Å². The molecule has 0 aromatic rings. The summed E-state index contributed by atoms with van der Waals surface area (Å²) in [6.07, 6.45) is 0. The second-order valence-electron chi connectivity index (χ2n) is 3.28. The number of thioether (sulfide) groups is 1. The summed E-state index contributed by atoms with van der Waals surface area (Å²) in [5.74, 6) is -0.0163. The van der Waals surface area contributed by atoms with E-state index in [4.69, 9.17) is 5.21 Å². The zero-order chi connectivity index (χ0) is 9.35. The molecule has 68 valence electrons. The van der Waals surface area contributed by atoms with Crippen LogP contribution >= 0.6 is 11.8 Å². The molecule has 1 aliphatic heterocycles. The van der Waals surface area contributed by atoms with Gasteiger partial charge in [0.2, 0.25) is 5.91 Å². The Hall–Kier alpha value is -0.710. The molecule has 5 heteroatoms. The molecule has 1 unspecified atom stereocenters. The van der Waals surface area contributed by atoms with Crippen LogP contribution in [0.2, 0.25) is 0 Å². The fraction of sp³-hybridized carbons (Fsp3) is 0.714. The van der Waals surface area contributed by atoms with E-state index in [1.54, 1.807) is 20.8 Å². The SMILES string of the molecule is CC1SC(=NO)C(C)(C)NC1=O. The molecule has 0 aromatic heterocycles. The minimum absolute atomic E-state index is 0.0163. The van der Waals surface area contributed by atoms with Gasteiger partial charge in [-0.05, 0) is 20.8 Å². The highest BCUT2D eigenvalue weighted by Gasteiger charge is 2.37. The Morgan fingerprint density at radius 3 is 2.75 bits per heavy atom. The molecule has 1 fully saturated rings. The van der Waals surface area contributed by atoms with Crippen LogP contribution in [-0.2, 0) is 4.79 Å². The van der Waals surface area contributed by atoms with Crippen molar-refractivity contribution >= 4 is 22.7 Å². The number of carbonyl (C=O) groups excluding carboxylic acids is 1. The Morgan fingerprint density at radius 2 is 2.25 bits per heavy atom. The first-order valence-corrected chi connectivity index (χ1v) is 4.56. The number of nitrogens with zero attached hydrogens (tertiary/aromatic N) is 1. The molecule has 1 heterocycles. The summed E-state index contributed by atoms with van der Waals surface area (Å²) in [5.41, 5.74) is -0.539. The standard InChI is InChI=1S/C7H12N2O2S/c1-4-5(10)8-7(2,3)6(9-11)12-4/h4,11H,1-3H3,(H,8,10). The summed E-state index contributed by atoms with van der Waals surface area (Å²) in [6, 6.07) is 0. The van der Waals surface area contributed by atoms with Crippen LogP contribution in [0.25, 0.3) is 0 Å². The van der Waals surface area contributed by atoms with Crippen molar-refractivity contribution in [3.8, 4) is 0 Å². The maximum Gasteiger partial charge on any atom is 0.234 e. The van der Waals surface area contributed by atoms with Crippen LogP contribution in [0.1, 0.15) is 20.8 Å². The van der Waals surface area contributed by atoms with E-state index in [0.29, 0.717) is 5.04 Å². The summed E-state index contributed by atoms with van der Waals surface area (Å²) >= 11 is 1.29. The van der Waals surface area contributed by atoms with E-state index in [1.165, 1.54) is 11.8 Å². The number of hydrogen-bond donors (Lipinski definition) is 2. The van der Waals surface area contributed by atoms with Crippen molar-refractivity contribution in [2.45, 2.75) is 31.6 Å². The van der Waals surface area contributed by atoms with Gasteiger partial charge in [-0.25, -0.2) is 0 Å². The van der Waals surface area contributed by atoms with Crippen molar-refractivity contribution < 1.29 is 10.0 Å². The summed E-state index contributed by atoms with van der Waals surface area (Å²) in [5, 5.41) is 14.9. The quantitative estimate of drug-likeness (QED) is 0.436. The molecule has 0 bridgehead atoms. The first kappa shape index (κ1) is 9.38. The molecular formula is C7H12N2O2S. The Bertz CT molecular complexity index is 238. The lowest BCUT2D eigenvalue weighted by Crippen LogP contribution is -2.55. The number of rotatable bonds is 0. The lowest BCUT2D eigenvalue weighted by atomic mass is 10.1. The molecule has 0 radical (unpaired) electrons. The third-order valence-electron chi connectivity index (χ3n) is 1.72. The predicted molar refractivity (Wildman–Crippen MR) is 48.5 cm³/mol. The molecule has 1 saturated heterocycles. The van der Waals surface area contributed by atoms with Crippen LogP contribution in [0.3, 0.4) is 0 Å². The molecule has 1 atom stereocenters. The average Bonchev–Trinajstić information content (AvgIpc) is 1.96. The Kier molecular flexibility index (Phi) is 2.32. The number of hydrogen-bond acceptors (Lipinski definition) is 4. The lowest BCUT2D eigenvalue weighted by molar-refractivity contribution is -0.121. The minimum atomic E-state index is -0.539. The molecule has 1 aliphatic rings. The van der Waals surface area contributed by atoms with Crippen molar-refractivity contribution in [1.82, 2.24) is 5.32 Å². The molecule has 1 amide bonds. The van der Waals surface area contributed by atoms with Gasteiger partial charge < -0.3 is 10.5 Å². The summed E-state index contributed by atoms with van der Waals surface area (Å²) < 4.78 is 0. The van der Waals surface area contributed by atoms with E-state index in [9.17, 15) is 4.79 Å². The van der Waals surface area contributed by atoms with Crippen molar-refractivity contribution in [3.05, 3.63) is 0 Å². The molecule has 1 rings (SSSR count). The fourth-order valence-electron chi connectivity index (χ4n) is 0.980. The highest BCUT2D eigenvalue weighted by molar-refractivity contribution is 8.15. The van der Waals surface area contributed by atoms with Crippen LogP contribution in [0.4, 0.5) is 0 Å². The molecule has 12 heavy (non-hydrogen) atoms. The smallest absolute Gasteiger partial charge is 0.234 e. The van der Waals surface area contributed by atoms with Gasteiger partial charge in [-0.1, -0.05) is 16.9 Å². The summed E-state index contributed by atoms with van der Waals surface area (Å²) in [4.78, 5) is 11.2. The minimum Gasteiger partial charge on any atom is -0.410 e. The number of oxime groups is 1. The van der Waals surface area contributed by atoms with Crippen LogP contribution < -0.4 is 5.32 Å². The first-order chi connectivity index (χ1) is 5.47. The normalized spacial score (nSPS) is 31.8. The van der Waals surface area contributed by atoms with E-state index in [0.717, 1.165) is 0 Å². The summed E-state index contributed by atoms with van der Waals surface area (Å²) in [6.45, 7) is 5.39. The highest BCUT2D eigenvalue weighted by Crippen LogP contribution is 2.26. The van der Waals surface area contributed by atoms with Crippen LogP contribution in [0.5, 0.6) is 0 Å². The topological polar surface area (TPSA) is 61.7 Å². The van der Waals surface area contributed by atoms with Gasteiger partial charge in [0.1, 0.15) is 5.04 Å². The number of carbonyl (C=O) groups is 1. The van der Waals surface area contributed by atoms with Gasteiger partial charge in [0.05, 0.1) is 10.8 Å². The molecule has 0 aliphatic carbocycles. The molecule has 2 N–H and O–H groups in total. The molecule has 0 aromatic carbocycles. The maximum absolute atomic E-state index is 11.2. The van der Waals surface area contributed by atoms with Crippen molar-refractivity contribution in [2.75, 3.05) is 0 Å². The van der Waals surface area contributed by atoms with Crippen molar-refractivity contribution in [2.24, 2.45) is 5.16 Å². The predicted octanol–water partition coefficient (Wildman–Crippen LogP) is 0.804. The molecule has 0 spiro atoms. The van der Waals surface area contributed by atoms with Crippen LogP contribution in [0.15, 0.2) is 5.16 Å². The summed E-state index contributed by atoms with van der Waals surface area (Å²) in [7, 11) is 0. The van der Waals surface area contributed by atoms with Gasteiger partial charge in [0.15, 0.2) is 0 Å². The van der Waals surface area contributed by atoms with Gasteiger partial charge in [-0.2, -0.15) is 0 Å². The first-order valence-electron chi connectivity index (χ1n) is 3.68. The van der Waals surface area contributed by atoms with Gasteiger partial charge in [-0.15, -0.1) is 0 Å². The van der Waals surface area contributed by atoms with Gasteiger partial charge in [-0.3, -0.25) is 4.79 Å².